The van der Waals surface area contributed by atoms with Gasteiger partial charge < -0.3 is 16.0 Å². The number of aliphatic imine (C=N–C) groups is 1. The largest absolute Gasteiger partial charge is 0.370 e. The Hall–Kier alpha value is -0.770. The third-order valence-electron chi connectivity index (χ3n) is 2.78. The van der Waals surface area contributed by atoms with Crippen LogP contribution in [0.2, 0.25) is 0 Å². The second kappa shape index (κ2) is 6.74. The Morgan fingerprint density at radius 3 is 2.50 bits per heavy atom. The van der Waals surface area contributed by atoms with E-state index in [1.165, 1.54) is 25.9 Å². The lowest BCUT2D eigenvalue weighted by Crippen LogP contribution is -2.37. The zero-order valence-corrected chi connectivity index (χ0v) is 10.9. The van der Waals surface area contributed by atoms with Gasteiger partial charge in [0, 0.05) is 19.1 Å². The summed E-state index contributed by atoms with van der Waals surface area (Å²) in [6, 6.07) is 0.359. The van der Waals surface area contributed by atoms with Crippen LogP contribution < -0.4 is 11.1 Å². The standard InChI is InChI=1S/C12H26N4/c1-10(2)15-12(13)14-8-11(3)9-16-6-4-5-7-16/h10-11H,4-9H2,1-3H3,(H3,13,14,15). The zero-order chi connectivity index (χ0) is 12.0. The van der Waals surface area contributed by atoms with Crippen molar-refractivity contribution < 1.29 is 0 Å². The van der Waals surface area contributed by atoms with Crippen LogP contribution in [-0.2, 0) is 0 Å². The number of rotatable bonds is 5. The van der Waals surface area contributed by atoms with Crippen LogP contribution in [0.25, 0.3) is 0 Å². The summed E-state index contributed by atoms with van der Waals surface area (Å²) < 4.78 is 0. The number of nitrogens with one attached hydrogen (secondary N) is 1. The van der Waals surface area contributed by atoms with Crippen LogP contribution in [0.1, 0.15) is 33.6 Å². The first-order valence-electron chi connectivity index (χ1n) is 6.36. The first kappa shape index (κ1) is 13.3. The Morgan fingerprint density at radius 1 is 1.31 bits per heavy atom. The Labute approximate surface area is 99.3 Å². The van der Waals surface area contributed by atoms with Gasteiger partial charge in [-0.15, -0.1) is 0 Å². The molecule has 94 valence electrons. The maximum atomic E-state index is 5.76. The van der Waals surface area contributed by atoms with Gasteiger partial charge in [-0.05, 0) is 45.7 Å². The Kier molecular flexibility index (Phi) is 5.60. The fourth-order valence-electron chi connectivity index (χ4n) is 2.06. The first-order valence-corrected chi connectivity index (χ1v) is 6.36. The molecule has 0 bridgehead atoms. The van der Waals surface area contributed by atoms with Gasteiger partial charge in [-0.1, -0.05) is 6.92 Å². The molecule has 0 radical (unpaired) electrons. The van der Waals surface area contributed by atoms with Crippen LogP contribution in [0, 0.1) is 5.92 Å². The highest BCUT2D eigenvalue weighted by atomic mass is 15.1. The molecule has 0 spiro atoms. The van der Waals surface area contributed by atoms with Crippen molar-refractivity contribution in [3.8, 4) is 0 Å². The third kappa shape index (κ3) is 5.35. The molecule has 1 saturated heterocycles. The highest BCUT2D eigenvalue weighted by Gasteiger charge is 2.14. The second-order valence-corrected chi connectivity index (χ2v) is 5.14. The van der Waals surface area contributed by atoms with Crippen molar-refractivity contribution in [3.63, 3.8) is 0 Å². The molecule has 0 aromatic carbocycles. The lowest BCUT2D eigenvalue weighted by molar-refractivity contribution is 0.291. The average Bonchev–Trinajstić information content (AvgIpc) is 2.66. The number of hydrogen-bond donors (Lipinski definition) is 2. The maximum absolute atomic E-state index is 5.76. The summed E-state index contributed by atoms with van der Waals surface area (Å²) in [6.45, 7) is 10.9. The molecule has 1 rings (SSSR count). The van der Waals surface area contributed by atoms with Crippen LogP contribution in [0.5, 0.6) is 0 Å². The summed E-state index contributed by atoms with van der Waals surface area (Å²) in [7, 11) is 0. The maximum Gasteiger partial charge on any atom is 0.188 e. The fourth-order valence-corrected chi connectivity index (χ4v) is 2.06. The molecular formula is C12H26N4. The zero-order valence-electron chi connectivity index (χ0n) is 10.9. The number of nitrogens with two attached hydrogens (primary N) is 1. The van der Waals surface area contributed by atoms with E-state index in [1.807, 2.05) is 0 Å². The SMILES string of the molecule is CC(CN=C(N)NC(C)C)CN1CCCC1. The molecule has 4 nitrogen and oxygen atoms in total. The van der Waals surface area contributed by atoms with E-state index in [0.717, 1.165) is 13.1 Å². The lowest BCUT2D eigenvalue weighted by atomic mass is 10.2. The van der Waals surface area contributed by atoms with Crippen LogP contribution >= 0.6 is 0 Å². The molecular weight excluding hydrogens is 200 g/mol. The predicted octanol–water partition coefficient (Wildman–Crippen LogP) is 1.03. The van der Waals surface area contributed by atoms with Gasteiger partial charge in [0.25, 0.3) is 0 Å². The molecule has 0 aliphatic carbocycles. The van der Waals surface area contributed by atoms with Crippen molar-refractivity contribution in [1.29, 1.82) is 0 Å². The first-order chi connectivity index (χ1) is 7.58. The smallest absolute Gasteiger partial charge is 0.188 e. The minimum absolute atomic E-state index is 0.359. The van der Waals surface area contributed by atoms with Gasteiger partial charge in [0.2, 0.25) is 0 Å². The molecule has 1 heterocycles. The predicted molar refractivity (Wildman–Crippen MR) is 69.6 cm³/mol. The summed E-state index contributed by atoms with van der Waals surface area (Å²) in [6.07, 6.45) is 2.71. The van der Waals surface area contributed by atoms with E-state index in [2.05, 4.69) is 36.0 Å². The molecule has 0 saturated carbocycles. The Bertz CT molecular complexity index is 219. The fraction of sp³-hybridized carbons (Fsp3) is 0.917. The number of likely N-dealkylation sites (tertiary alicyclic amines) is 1. The highest BCUT2D eigenvalue weighted by Crippen LogP contribution is 2.10. The van der Waals surface area contributed by atoms with Gasteiger partial charge in [0.05, 0.1) is 0 Å². The van der Waals surface area contributed by atoms with Crippen molar-refractivity contribution in [1.82, 2.24) is 10.2 Å². The molecule has 0 aromatic rings. The Balaban J connectivity index is 2.19. The summed E-state index contributed by atoms with van der Waals surface area (Å²) in [4.78, 5) is 6.88. The minimum Gasteiger partial charge on any atom is -0.370 e. The van der Waals surface area contributed by atoms with Crippen LogP contribution in [-0.4, -0.2) is 43.1 Å². The van der Waals surface area contributed by atoms with Crippen molar-refractivity contribution >= 4 is 5.96 Å². The van der Waals surface area contributed by atoms with E-state index in [1.54, 1.807) is 0 Å². The minimum atomic E-state index is 0.359. The van der Waals surface area contributed by atoms with Crippen molar-refractivity contribution in [2.24, 2.45) is 16.6 Å². The van der Waals surface area contributed by atoms with Gasteiger partial charge in [0.15, 0.2) is 5.96 Å². The van der Waals surface area contributed by atoms with Gasteiger partial charge >= 0.3 is 0 Å². The molecule has 3 N–H and O–H groups in total. The molecule has 1 unspecified atom stereocenters. The van der Waals surface area contributed by atoms with Crippen molar-refractivity contribution in [2.75, 3.05) is 26.2 Å². The van der Waals surface area contributed by atoms with E-state index in [-0.39, 0.29) is 0 Å². The van der Waals surface area contributed by atoms with E-state index >= 15 is 0 Å². The van der Waals surface area contributed by atoms with E-state index < -0.39 is 0 Å². The van der Waals surface area contributed by atoms with Crippen molar-refractivity contribution in [2.45, 2.75) is 39.7 Å². The number of hydrogen-bond acceptors (Lipinski definition) is 2. The quantitative estimate of drug-likeness (QED) is 0.544. The van der Waals surface area contributed by atoms with E-state index in [4.69, 9.17) is 5.73 Å². The van der Waals surface area contributed by atoms with Crippen LogP contribution in [0.3, 0.4) is 0 Å². The molecule has 1 atom stereocenters. The van der Waals surface area contributed by atoms with E-state index in [0.29, 0.717) is 17.9 Å². The van der Waals surface area contributed by atoms with Gasteiger partial charge in [-0.25, -0.2) is 0 Å². The van der Waals surface area contributed by atoms with Crippen molar-refractivity contribution in [3.05, 3.63) is 0 Å². The molecule has 1 aliphatic heterocycles. The molecule has 0 amide bonds. The highest BCUT2D eigenvalue weighted by molar-refractivity contribution is 5.78. The number of nitrogens with zero attached hydrogens (tertiary/aromatic N) is 2. The molecule has 4 heteroatoms. The summed E-state index contributed by atoms with van der Waals surface area (Å²) in [5.74, 6) is 1.16. The summed E-state index contributed by atoms with van der Waals surface area (Å²) in [5.41, 5.74) is 5.76. The number of guanidine groups is 1. The topological polar surface area (TPSA) is 53.6 Å². The van der Waals surface area contributed by atoms with Crippen LogP contribution in [0.15, 0.2) is 4.99 Å². The van der Waals surface area contributed by atoms with E-state index in [9.17, 15) is 0 Å². The monoisotopic (exact) mass is 226 g/mol. The third-order valence-corrected chi connectivity index (χ3v) is 2.78. The normalized spacial score (nSPS) is 20.4. The van der Waals surface area contributed by atoms with Crippen LogP contribution in [0.4, 0.5) is 0 Å². The van der Waals surface area contributed by atoms with Gasteiger partial charge in [-0.2, -0.15) is 0 Å². The van der Waals surface area contributed by atoms with Gasteiger partial charge in [-0.3, -0.25) is 4.99 Å². The molecule has 1 aliphatic rings. The molecule has 16 heavy (non-hydrogen) atoms. The summed E-state index contributed by atoms with van der Waals surface area (Å²) >= 11 is 0. The van der Waals surface area contributed by atoms with Gasteiger partial charge in [0.1, 0.15) is 0 Å². The lowest BCUT2D eigenvalue weighted by Gasteiger charge is -2.19. The average molecular weight is 226 g/mol. The summed E-state index contributed by atoms with van der Waals surface area (Å²) in [5, 5.41) is 3.11. The molecule has 0 aromatic heterocycles. The Morgan fingerprint density at radius 2 is 1.94 bits per heavy atom. The molecule has 1 fully saturated rings. The second-order valence-electron chi connectivity index (χ2n) is 5.14.